The molecular weight excluding hydrogens is 496 g/mol. The maximum Gasteiger partial charge on any atom is 0.262 e. The summed E-state index contributed by atoms with van der Waals surface area (Å²) in [5.74, 6) is -0.355. The number of fused-ring (bicyclic) bond motifs is 1. The summed E-state index contributed by atoms with van der Waals surface area (Å²) in [6.07, 6.45) is 0.898. The molecule has 194 valence electrons. The van der Waals surface area contributed by atoms with E-state index >= 15 is 0 Å². The van der Waals surface area contributed by atoms with Crippen LogP contribution in [0.1, 0.15) is 41.9 Å². The molecule has 4 N–H and O–H groups in total. The number of carbonyl (C=O) groups is 2. The number of sulfonamides is 1. The molecule has 0 aliphatic rings. The average molecular weight is 531 g/mol. The predicted octanol–water partition coefficient (Wildman–Crippen LogP) is 3.76. The van der Waals surface area contributed by atoms with Crippen LogP contribution in [0.15, 0.2) is 53.4 Å². The Morgan fingerprint density at radius 3 is 2.42 bits per heavy atom. The third-order valence-corrected chi connectivity index (χ3v) is 9.14. The first-order valence-electron chi connectivity index (χ1n) is 11.9. The second kappa shape index (κ2) is 11.9. The van der Waals surface area contributed by atoms with Crippen LogP contribution < -0.4 is 16.4 Å². The van der Waals surface area contributed by atoms with Gasteiger partial charge in [-0.1, -0.05) is 44.2 Å². The Morgan fingerprint density at radius 2 is 1.75 bits per heavy atom. The van der Waals surface area contributed by atoms with Crippen LogP contribution in [0.2, 0.25) is 0 Å². The third kappa shape index (κ3) is 6.43. The van der Waals surface area contributed by atoms with Crippen LogP contribution in [-0.2, 0) is 14.8 Å². The highest BCUT2D eigenvalue weighted by Gasteiger charge is 2.25. The van der Waals surface area contributed by atoms with Gasteiger partial charge in [0.2, 0.25) is 15.9 Å². The molecule has 1 atom stereocenters. The zero-order valence-corrected chi connectivity index (χ0v) is 22.7. The fourth-order valence-electron chi connectivity index (χ4n) is 3.96. The van der Waals surface area contributed by atoms with Crippen molar-refractivity contribution in [1.29, 1.82) is 0 Å². The maximum atomic E-state index is 13.1. The number of anilines is 1. The van der Waals surface area contributed by atoms with Crippen molar-refractivity contribution in [2.24, 2.45) is 5.92 Å². The van der Waals surface area contributed by atoms with Gasteiger partial charge in [-0.2, -0.15) is 0 Å². The number of hydrogen-bond acceptors (Lipinski definition) is 6. The highest BCUT2D eigenvalue weighted by Crippen LogP contribution is 2.30. The molecule has 2 amide bonds. The molecule has 0 bridgehead atoms. The molecule has 0 radical (unpaired) electrons. The fourth-order valence-corrected chi connectivity index (χ4v) is 6.39. The smallest absolute Gasteiger partial charge is 0.262 e. The van der Waals surface area contributed by atoms with Crippen molar-refractivity contribution < 1.29 is 18.0 Å². The van der Waals surface area contributed by atoms with Gasteiger partial charge in [-0.3, -0.25) is 9.59 Å². The number of hydrogen-bond donors (Lipinski definition) is 3. The van der Waals surface area contributed by atoms with Gasteiger partial charge in [0.25, 0.3) is 5.91 Å². The topological polar surface area (TPSA) is 122 Å². The van der Waals surface area contributed by atoms with Gasteiger partial charge in [-0.15, -0.1) is 11.3 Å². The summed E-state index contributed by atoms with van der Waals surface area (Å²) in [4.78, 5) is 26.7. The van der Waals surface area contributed by atoms with Crippen LogP contribution in [0.3, 0.4) is 0 Å². The molecule has 1 heterocycles. The molecule has 8 nitrogen and oxygen atoms in total. The summed E-state index contributed by atoms with van der Waals surface area (Å²) in [5.41, 5.74) is 6.92. The van der Waals surface area contributed by atoms with E-state index in [1.54, 1.807) is 18.2 Å². The molecule has 0 fully saturated rings. The molecule has 0 aliphatic carbocycles. The van der Waals surface area contributed by atoms with Crippen molar-refractivity contribution in [2.45, 2.75) is 44.6 Å². The lowest BCUT2D eigenvalue weighted by atomic mass is 10.0. The lowest BCUT2D eigenvalue weighted by Gasteiger charge is -2.21. The highest BCUT2D eigenvalue weighted by molar-refractivity contribution is 7.89. The fraction of sp³-hybridized carbons (Fsp3) is 0.385. The third-order valence-electron chi connectivity index (χ3n) is 5.94. The van der Waals surface area contributed by atoms with Crippen LogP contribution in [0.4, 0.5) is 5.69 Å². The van der Waals surface area contributed by atoms with Crippen molar-refractivity contribution in [3.63, 3.8) is 0 Å². The molecule has 3 rings (SSSR count). The molecule has 36 heavy (non-hydrogen) atoms. The number of benzene rings is 2. The number of aryl methyl sites for hydroxylation is 1. The van der Waals surface area contributed by atoms with Crippen molar-refractivity contribution >= 4 is 48.9 Å². The number of nitrogens with one attached hydrogen (secondary N) is 2. The number of thiophene rings is 1. The van der Waals surface area contributed by atoms with Crippen LogP contribution in [-0.4, -0.2) is 50.7 Å². The summed E-state index contributed by atoms with van der Waals surface area (Å²) in [6, 6.07) is 13.5. The minimum atomic E-state index is -3.72. The first kappa shape index (κ1) is 27.6. The van der Waals surface area contributed by atoms with E-state index in [0.717, 1.165) is 15.6 Å². The van der Waals surface area contributed by atoms with E-state index in [-0.39, 0.29) is 41.4 Å². The van der Waals surface area contributed by atoms with E-state index in [2.05, 4.69) is 10.6 Å². The highest BCUT2D eigenvalue weighted by atomic mass is 32.2. The number of nitrogen functional groups attached to an aromatic ring is 1. The van der Waals surface area contributed by atoms with Crippen molar-refractivity contribution in [3.05, 3.63) is 59.0 Å². The summed E-state index contributed by atoms with van der Waals surface area (Å²) in [6.45, 7) is 6.38. The van der Waals surface area contributed by atoms with Crippen LogP contribution >= 0.6 is 11.3 Å². The number of carbonyl (C=O) groups excluding carboxylic acids is 2. The maximum absolute atomic E-state index is 13.1. The largest absolute Gasteiger partial charge is 0.398 e. The van der Waals surface area contributed by atoms with Crippen LogP contribution in [0.25, 0.3) is 10.1 Å². The molecule has 2 aromatic carbocycles. The average Bonchev–Trinajstić information content (AvgIpc) is 3.17. The zero-order valence-electron chi connectivity index (χ0n) is 21.1. The Morgan fingerprint density at radius 1 is 1.08 bits per heavy atom. The summed E-state index contributed by atoms with van der Waals surface area (Å²) in [7, 11) is -2.24. The van der Waals surface area contributed by atoms with Gasteiger partial charge in [0.15, 0.2) is 0 Å². The first-order chi connectivity index (χ1) is 17.0. The lowest BCUT2D eigenvalue weighted by Crippen LogP contribution is -2.47. The van der Waals surface area contributed by atoms with Crippen molar-refractivity contribution in [2.75, 3.05) is 25.9 Å². The number of nitrogens with zero attached hydrogens (tertiary/aromatic N) is 1. The molecule has 10 heteroatoms. The monoisotopic (exact) mass is 530 g/mol. The van der Waals surface area contributed by atoms with E-state index in [0.29, 0.717) is 17.7 Å². The van der Waals surface area contributed by atoms with E-state index in [1.165, 1.54) is 28.8 Å². The number of nitrogens with two attached hydrogens (primary N) is 1. The molecule has 0 saturated heterocycles. The number of amides is 2. The summed E-state index contributed by atoms with van der Waals surface area (Å²) in [5, 5.41) is 6.79. The minimum Gasteiger partial charge on any atom is -0.398 e. The van der Waals surface area contributed by atoms with E-state index < -0.39 is 16.1 Å². The van der Waals surface area contributed by atoms with Gasteiger partial charge in [-0.05, 0) is 54.8 Å². The molecule has 0 spiro atoms. The van der Waals surface area contributed by atoms with Gasteiger partial charge in [-0.25, -0.2) is 12.7 Å². The second-order valence-electron chi connectivity index (χ2n) is 9.22. The van der Waals surface area contributed by atoms with Crippen molar-refractivity contribution in [1.82, 2.24) is 14.9 Å². The van der Waals surface area contributed by atoms with Crippen molar-refractivity contribution in [3.8, 4) is 0 Å². The molecule has 0 unspecified atom stereocenters. The normalized spacial score (nSPS) is 12.7. The Labute approximate surface area is 216 Å². The van der Waals surface area contributed by atoms with E-state index in [9.17, 15) is 18.0 Å². The van der Waals surface area contributed by atoms with Crippen LogP contribution in [0, 0.1) is 12.8 Å². The zero-order chi connectivity index (χ0) is 26.5. The Hall–Kier alpha value is -2.95. The van der Waals surface area contributed by atoms with E-state index in [1.807, 2.05) is 45.0 Å². The van der Waals surface area contributed by atoms with Crippen LogP contribution in [0.5, 0.6) is 0 Å². The van der Waals surface area contributed by atoms with Gasteiger partial charge in [0, 0.05) is 24.8 Å². The second-order valence-corrected chi connectivity index (χ2v) is 12.3. The van der Waals surface area contributed by atoms with E-state index in [4.69, 9.17) is 5.73 Å². The SMILES string of the molecule is Cc1c(C(=O)N[C@@H](CC(C)C)C(=O)NCCCN(C)S(=O)(=O)c2ccccc2N)sc2ccccc12. The molecule has 3 aromatic rings. The summed E-state index contributed by atoms with van der Waals surface area (Å²) >= 11 is 1.42. The molecule has 0 aliphatic heterocycles. The quantitative estimate of drug-likeness (QED) is 0.257. The summed E-state index contributed by atoms with van der Waals surface area (Å²) < 4.78 is 27.8. The standard InChI is InChI=1S/C26H34N4O4S2/c1-17(2)16-21(29-26(32)24-18(3)19-10-5-7-12-22(19)35-24)25(31)28-14-9-15-30(4)36(33,34)23-13-8-6-11-20(23)27/h5-8,10-13,17,21H,9,14-16,27H2,1-4H3,(H,28,31)(H,29,32)/t21-/m0/s1. The molecule has 1 aromatic heterocycles. The Balaban J connectivity index is 1.58. The predicted molar refractivity (Wildman–Crippen MR) is 146 cm³/mol. The number of rotatable bonds is 11. The van der Waals surface area contributed by atoms with Gasteiger partial charge in [0.05, 0.1) is 10.6 Å². The molecular formula is C26H34N4O4S2. The Bertz CT molecular complexity index is 1330. The number of para-hydroxylation sites is 1. The lowest BCUT2D eigenvalue weighted by molar-refractivity contribution is -0.123. The Kier molecular flexibility index (Phi) is 9.10. The van der Waals surface area contributed by atoms with Gasteiger partial charge in [0.1, 0.15) is 10.9 Å². The minimum absolute atomic E-state index is 0.0628. The first-order valence-corrected chi connectivity index (χ1v) is 14.2. The molecule has 0 saturated carbocycles. The van der Waals surface area contributed by atoms with Gasteiger partial charge >= 0.3 is 0 Å². The van der Waals surface area contributed by atoms with Gasteiger partial charge < -0.3 is 16.4 Å².